The van der Waals surface area contributed by atoms with E-state index in [1.807, 2.05) is 0 Å². The number of hydrogen-bond acceptors (Lipinski definition) is 7. The van der Waals surface area contributed by atoms with E-state index in [9.17, 15) is 13.2 Å². The molecule has 0 aliphatic heterocycles. The Balaban J connectivity index is 1.72. The van der Waals surface area contributed by atoms with Gasteiger partial charge in [-0.15, -0.1) is 5.10 Å². The van der Waals surface area contributed by atoms with E-state index in [4.69, 9.17) is 20.8 Å². The first-order chi connectivity index (χ1) is 12.9. The van der Waals surface area contributed by atoms with Crippen LogP contribution in [0.2, 0.25) is 5.02 Å². The Morgan fingerprint density at radius 1 is 1.15 bits per heavy atom. The lowest BCUT2D eigenvalue weighted by molar-refractivity contribution is -0.114. The average molecular weight is 408 g/mol. The smallest absolute Gasteiger partial charge is 0.322 e. The number of nitrogens with zero attached hydrogens (tertiary/aromatic N) is 2. The summed E-state index contributed by atoms with van der Waals surface area (Å²) in [5.41, 5.74) is 0.543. The van der Waals surface area contributed by atoms with E-state index in [2.05, 4.69) is 15.5 Å². The van der Waals surface area contributed by atoms with Crippen molar-refractivity contribution < 1.29 is 22.4 Å². The molecule has 8 nitrogen and oxygen atoms in total. The number of hydrogen-bond donors (Lipinski definition) is 1. The summed E-state index contributed by atoms with van der Waals surface area (Å²) >= 11 is 5.74. The number of aromatic nitrogens is 2. The van der Waals surface area contributed by atoms with Gasteiger partial charge in [-0.3, -0.25) is 10.1 Å². The number of amides is 1. The molecule has 0 aliphatic rings. The fourth-order valence-electron chi connectivity index (χ4n) is 2.26. The minimum absolute atomic E-state index is 0.0118. The van der Waals surface area contributed by atoms with Gasteiger partial charge in [0.2, 0.25) is 5.91 Å². The van der Waals surface area contributed by atoms with Gasteiger partial charge in [0.1, 0.15) is 11.5 Å². The average Bonchev–Trinajstić information content (AvgIpc) is 3.09. The van der Waals surface area contributed by atoms with Crippen LogP contribution in [0.25, 0.3) is 11.5 Å². The Hall–Kier alpha value is -2.91. The molecule has 0 aliphatic carbocycles. The molecule has 140 valence electrons. The van der Waals surface area contributed by atoms with Crippen LogP contribution < -0.4 is 10.1 Å². The SMILES string of the molecule is COc1ccccc1-c1nnc(NC(=O)CS(=O)(=O)c2ccc(Cl)cc2)o1. The molecule has 0 fully saturated rings. The molecule has 1 amide bonds. The Labute approximate surface area is 160 Å². The molecule has 0 spiro atoms. The molecule has 0 saturated carbocycles. The lowest BCUT2D eigenvalue weighted by atomic mass is 10.2. The van der Waals surface area contributed by atoms with Crippen LogP contribution >= 0.6 is 11.6 Å². The Kier molecular flexibility index (Phi) is 5.43. The zero-order valence-electron chi connectivity index (χ0n) is 14.0. The van der Waals surface area contributed by atoms with Gasteiger partial charge < -0.3 is 9.15 Å². The highest BCUT2D eigenvalue weighted by atomic mass is 35.5. The molecule has 0 unspecified atom stereocenters. The van der Waals surface area contributed by atoms with E-state index >= 15 is 0 Å². The highest BCUT2D eigenvalue weighted by Gasteiger charge is 2.21. The number of carbonyl (C=O) groups is 1. The summed E-state index contributed by atoms with van der Waals surface area (Å²) in [6.07, 6.45) is 0. The van der Waals surface area contributed by atoms with Crippen molar-refractivity contribution in [2.75, 3.05) is 18.2 Å². The van der Waals surface area contributed by atoms with Crippen LogP contribution in [0.1, 0.15) is 0 Å². The quantitative estimate of drug-likeness (QED) is 0.668. The van der Waals surface area contributed by atoms with Crippen molar-refractivity contribution in [3.8, 4) is 17.2 Å². The molecule has 1 heterocycles. The number of carbonyl (C=O) groups excluding carboxylic acids is 1. The molecule has 3 aromatic rings. The summed E-state index contributed by atoms with van der Waals surface area (Å²) in [6, 6.07) is 12.3. The van der Waals surface area contributed by atoms with E-state index in [-0.39, 0.29) is 16.8 Å². The van der Waals surface area contributed by atoms with Gasteiger partial charge >= 0.3 is 6.01 Å². The van der Waals surface area contributed by atoms with Gasteiger partial charge in [-0.1, -0.05) is 28.8 Å². The Bertz CT molecular complexity index is 1060. The molecular formula is C17H14ClN3O5S. The van der Waals surface area contributed by atoms with Crippen molar-refractivity contribution in [2.24, 2.45) is 0 Å². The monoisotopic (exact) mass is 407 g/mol. The van der Waals surface area contributed by atoms with E-state index in [1.54, 1.807) is 24.3 Å². The predicted octanol–water partition coefficient (Wildman–Crippen LogP) is 2.81. The van der Waals surface area contributed by atoms with Crippen molar-refractivity contribution in [1.29, 1.82) is 0 Å². The van der Waals surface area contributed by atoms with Crippen LogP contribution in [0.4, 0.5) is 6.01 Å². The molecule has 0 radical (unpaired) electrons. The molecule has 0 atom stereocenters. The zero-order chi connectivity index (χ0) is 19.4. The third kappa shape index (κ3) is 4.44. The van der Waals surface area contributed by atoms with Crippen LogP contribution in [0.5, 0.6) is 5.75 Å². The maximum absolute atomic E-state index is 12.3. The molecule has 27 heavy (non-hydrogen) atoms. The van der Waals surface area contributed by atoms with Crippen molar-refractivity contribution in [1.82, 2.24) is 10.2 Å². The number of benzene rings is 2. The van der Waals surface area contributed by atoms with E-state index < -0.39 is 21.5 Å². The second kappa shape index (κ2) is 7.77. The Morgan fingerprint density at radius 2 is 1.85 bits per heavy atom. The second-order valence-corrected chi connectivity index (χ2v) is 7.80. The van der Waals surface area contributed by atoms with Crippen molar-refractivity contribution >= 4 is 33.4 Å². The van der Waals surface area contributed by atoms with Gasteiger partial charge in [0.05, 0.1) is 17.6 Å². The van der Waals surface area contributed by atoms with E-state index in [0.29, 0.717) is 16.3 Å². The lowest BCUT2D eigenvalue weighted by Gasteiger charge is -2.04. The second-order valence-electron chi connectivity index (χ2n) is 5.37. The normalized spacial score (nSPS) is 11.2. The van der Waals surface area contributed by atoms with Crippen molar-refractivity contribution in [3.63, 3.8) is 0 Å². The molecule has 10 heteroatoms. The predicted molar refractivity (Wildman–Crippen MR) is 98.4 cm³/mol. The number of ether oxygens (including phenoxy) is 1. The molecule has 2 aromatic carbocycles. The van der Waals surface area contributed by atoms with Crippen LogP contribution in [-0.4, -0.2) is 37.4 Å². The number of halogens is 1. The number of sulfone groups is 1. The maximum atomic E-state index is 12.3. The molecule has 0 bridgehead atoms. The minimum atomic E-state index is -3.83. The topological polar surface area (TPSA) is 111 Å². The van der Waals surface area contributed by atoms with Gasteiger partial charge in [-0.25, -0.2) is 8.42 Å². The van der Waals surface area contributed by atoms with Gasteiger partial charge in [-0.2, -0.15) is 0 Å². The summed E-state index contributed by atoms with van der Waals surface area (Å²) in [6.45, 7) is 0. The fourth-order valence-corrected chi connectivity index (χ4v) is 3.52. The van der Waals surface area contributed by atoms with Crippen LogP contribution in [0, 0.1) is 0 Å². The summed E-state index contributed by atoms with van der Waals surface area (Å²) in [4.78, 5) is 12.1. The summed E-state index contributed by atoms with van der Waals surface area (Å²) in [5.74, 6) is -0.936. The fraction of sp³-hybridized carbons (Fsp3) is 0.118. The first kappa shape index (κ1) is 18.9. The molecule has 0 saturated heterocycles. The lowest BCUT2D eigenvalue weighted by Crippen LogP contribution is -2.23. The van der Waals surface area contributed by atoms with Crippen LogP contribution in [0.15, 0.2) is 57.8 Å². The first-order valence-electron chi connectivity index (χ1n) is 7.64. The standard InChI is InChI=1S/C17H14ClN3O5S/c1-25-14-5-3-2-4-13(14)16-20-21-17(26-16)19-15(22)10-27(23,24)12-8-6-11(18)7-9-12/h2-9H,10H2,1H3,(H,19,21,22). The number of methoxy groups -OCH3 is 1. The molecule has 3 rings (SSSR count). The van der Waals surface area contributed by atoms with E-state index in [0.717, 1.165) is 0 Å². The number of anilines is 1. The van der Waals surface area contributed by atoms with Gasteiger partial charge in [-0.05, 0) is 36.4 Å². The van der Waals surface area contributed by atoms with E-state index in [1.165, 1.54) is 31.4 Å². The number of rotatable bonds is 6. The maximum Gasteiger partial charge on any atom is 0.322 e. The zero-order valence-corrected chi connectivity index (χ0v) is 15.6. The van der Waals surface area contributed by atoms with Gasteiger partial charge in [0.15, 0.2) is 9.84 Å². The molecule has 1 N–H and O–H groups in total. The highest BCUT2D eigenvalue weighted by molar-refractivity contribution is 7.92. The number of nitrogens with one attached hydrogen (secondary N) is 1. The van der Waals surface area contributed by atoms with Gasteiger partial charge in [0, 0.05) is 5.02 Å². The number of para-hydroxylation sites is 1. The summed E-state index contributed by atoms with van der Waals surface area (Å²) in [5, 5.41) is 10.2. The third-order valence-corrected chi connectivity index (χ3v) is 5.39. The largest absolute Gasteiger partial charge is 0.496 e. The Morgan fingerprint density at radius 3 is 2.56 bits per heavy atom. The van der Waals surface area contributed by atoms with Crippen LogP contribution in [0.3, 0.4) is 0 Å². The van der Waals surface area contributed by atoms with Crippen LogP contribution in [-0.2, 0) is 14.6 Å². The first-order valence-corrected chi connectivity index (χ1v) is 9.67. The molecular weight excluding hydrogens is 394 g/mol. The summed E-state index contributed by atoms with van der Waals surface area (Å²) < 4.78 is 35.1. The molecule has 1 aromatic heterocycles. The van der Waals surface area contributed by atoms with Crippen molar-refractivity contribution in [3.05, 3.63) is 53.6 Å². The van der Waals surface area contributed by atoms with Crippen molar-refractivity contribution in [2.45, 2.75) is 4.90 Å². The highest BCUT2D eigenvalue weighted by Crippen LogP contribution is 2.29. The van der Waals surface area contributed by atoms with Gasteiger partial charge in [0.25, 0.3) is 5.89 Å². The summed E-state index contributed by atoms with van der Waals surface area (Å²) in [7, 11) is -2.33. The third-order valence-electron chi connectivity index (χ3n) is 3.50. The minimum Gasteiger partial charge on any atom is -0.496 e.